The van der Waals surface area contributed by atoms with Gasteiger partial charge in [-0.3, -0.25) is 0 Å². The van der Waals surface area contributed by atoms with Gasteiger partial charge in [-0.15, -0.1) is 0 Å². The quantitative estimate of drug-likeness (QED) is 0.406. The Balaban J connectivity index is 1.56. The number of ether oxygens (including phenoxy) is 4. The molecule has 1 heterocycles. The molecule has 0 saturated carbocycles. The standard InChI is InChI=1S/C25H22Cl2O6/c1-16-12-13-31-25(33-16,15-30-19-6-2-17(3-7-19)24(28)29)22-11-10-21(14-23(22)27)32-20-8-4-18(26)5-9-20/h2-11,14,16H,12-13,15H2,1H3,(H,28,29). The van der Waals surface area contributed by atoms with Gasteiger partial charge in [0, 0.05) is 10.6 Å². The van der Waals surface area contributed by atoms with Crippen LogP contribution in [0.1, 0.15) is 29.3 Å². The van der Waals surface area contributed by atoms with Crippen molar-refractivity contribution < 1.29 is 28.8 Å². The van der Waals surface area contributed by atoms with Gasteiger partial charge in [0.15, 0.2) is 0 Å². The summed E-state index contributed by atoms with van der Waals surface area (Å²) in [6.07, 6.45) is 0.669. The normalized spacial score (nSPS) is 20.3. The summed E-state index contributed by atoms with van der Waals surface area (Å²) in [6, 6.07) is 18.4. The average molecular weight is 489 g/mol. The van der Waals surface area contributed by atoms with Crippen molar-refractivity contribution >= 4 is 29.2 Å². The molecule has 0 bridgehead atoms. The Morgan fingerprint density at radius 3 is 2.33 bits per heavy atom. The first-order valence-electron chi connectivity index (χ1n) is 10.4. The lowest BCUT2D eigenvalue weighted by molar-refractivity contribution is -0.309. The van der Waals surface area contributed by atoms with Crippen LogP contribution in [0.25, 0.3) is 0 Å². The second-order valence-electron chi connectivity index (χ2n) is 7.63. The van der Waals surface area contributed by atoms with Gasteiger partial charge in [0.1, 0.15) is 23.9 Å². The van der Waals surface area contributed by atoms with E-state index in [0.29, 0.717) is 39.5 Å². The van der Waals surface area contributed by atoms with E-state index >= 15 is 0 Å². The Morgan fingerprint density at radius 1 is 1.03 bits per heavy atom. The van der Waals surface area contributed by atoms with Crippen molar-refractivity contribution in [1.29, 1.82) is 0 Å². The maximum absolute atomic E-state index is 11.1. The zero-order valence-corrected chi connectivity index (χ0v) is 19.3. The van der Waals surface area contributed by atoms with Crippen LogP contribution in [0.15, 0.2) is 66.7 Å². The van der Waals surface area contributed by atoms with Crippen LogP contribution < -0.4 is 9.47 Å². The molecule has 1 N–H and O–H groups in total. The molecule has 172 valence electrons. The Morgan fingerprint density at radius 2 is 1.70 bits per heavy atom. The molecule has 6 nitrogen and oxygen atoms in total. The lowest BCUT2D eigenvalue weighted by Crippen LogP contribution is -2.46. The van der Waals surface area contributed by atoms with Crippen molar-refractivity contribution in [3.8, 4) is 17.2 Å². The van der Waals surface area contributed by atoms with Gasteiger partial charge in [0.2, 0.25) is 5.79 Å². The molecule has 0 amide bonds. The van der Waals surface area contributed by atoms with Crippen molar-refractivity contribution in [1.82, 2.24) is 0 Å². The molecule has 0 aromatic heterocycles. The number of carboxylic acids is 1. The maximum Gasteiger partial charge on any atom is 0.335 e. The third-order valence-corrected chi connectivity index (χ3v) is 5.75. The zero-order chi connectivity index (χ0) is 23.4. The largest absolute Gasteiger partial charge is 0.488 e. The molecule has 8 heteroatoms. The van der Waals surface area contributed by atoms with Gasteiger partial charge in [0.05, 0.1) is 23.3 Å². The molecule has 3 aromatic carbocycles. The molecule has 2 unspecified atom stereocenters. The number of carboxylic acid groups (broad SMARTS) is 1. The molecule has 3 aromatic rings. The summed E-state index contributed by atoms with van der Waals surface area (Å²) in [5.41, 5.74) is 0.788. The number of carbonyl (C=O) groups is 1. The van der Waals surface area contributed by atoms with Gasteiger partial charge in [-0.2, -0.15) is 0 Å². The van der Waals surface area contributed by atoms with Crippen LogP contribution >= 0.6 is 23.2 Å². The molecular formula is C25H22Cl2O6. The van der Waals surface area contributed by atoms with Crippen molar-refractivity contribution in [2.75, 3.05) is 13.2 Å². The summed E-state index contributed by atoms with van der Waals surface area (Å²) >= 11 is 12.6. The Hall–Kier alpha value is -2.77. The lowest BCUT2D eigenvalue weighted by Gasteiger charge is -2.40. The molecule has 0 radical (unpaired) electrons. The highest BCUT2D eigenvalue weighted by Gasteiger charge is 2.42. The molecule has 1 aliphatic heterocycles. The minimum Gasteiger partial charge on any atom is -0.488 e. The first-order valence-corrected chi connectivity index (χ1v) is 11.1. The fraction of sp³-hybridized carbons (Fsp3) is 0.240. The van der Waals surface area contributed by atoms with Crippen LogP contribution in [0, 0.1) is 0 Å². The molecule has 33 heavy (non-hydrogen) atoms. The van der Waals surface area contributed by atoms with Gasteiger partial charge < -0.3 is 24.1 Å². The van der Waals surface area contributed by atoms with E-state index in [4.69, 9.17) is 47.3 Å². The minimum atomic E-state index is -1.22. The van der Waals surface area contributed by atoms with Gasteiger partial charge in [-0.25, -0.2) is 4.79 Å². The second kappa shape index (κ2) is 10.0. The van der Waals surface area contributed by atoms with Crippen molar-refractivity contribution in [3.05, 3.63) is 87.9 Å². The smallest absolute Gasteiger partial charge is 0.335 e. The van der Waals surface area contributed by atoms with Crippen LogP contribution in [0.2, 0.25) is 10.0 Å². The highest BCUT2D eigenvalue weighted by Crippen LogP contribution is 2.40. The summed E-state index contributed by atoms with van der Waals surface area (Å²) < 4.78 is 24.1. The summed E-state index contributed by atoms with van der Waals surface area (Å²) in [7, 11) is 0. The highest BCUT2D eigenvalue weighted by atomic mass is 35.5. The Bertz CT molecular complexity index is 1120. The van der Waals surface area contributed by atoms with Gasteiger partial charge >= 0.3 is 5.97 Å². The minimum absolute atomic E-state index is 0.0286. The van der Waals surface area contributed by atoms with Crippen LogP contribution in [0.4, 0.5) is 0 Å². The van der Waals surface area contributed by atoms with Gasteiger partial charge in [0.25, 0.3) is 0 Å². The van der Waals surface area contributed by atoms with E-state index in [1.165, 1.54) is 12.1 Å². The van der Waals surface area contributed by atoms with Crippen LogP contribution in [-0.2, 0) is 15.3 Å². The summed E-state index contributed by atoms with van der Waals surface area (Å²) in [5, 5.41) is 10.1. The van der Waals surface area contributed by atoms with Gasteiger partial charge in [-0.1, -0.05) is 23.2 Å². The van der Waals surface area contributed by atoms with E-state index in [1.807, 2.05) is 6.92 Å². The number of hydrogen-bond donors (Lipinski definition) is 1. The third kappa shape index (κ3) is 5.60. The lowest BCUT2D eigenvalue weighted by atomic mass is 10.0. The van der Waals surface area contributed by atoms with Crippen LogP contribution in [-0.4, -0.2) is 30.4 Å². The Labute approximate surface area is 201 Å². The van der Waals surface area contributed by atoms with Crippen molar-refractivity contribution in [3.63, 3.8) is 0 Å². The predicted molar refractivity (Wildman–Crippen MR) is 125 cm³/mol. The first kappa shape index (κ1) is 23.4. The number of hydrogen-bond acceptors (Lipinski definition) is 5. The van der Waals surface area contributed by atoms with E-state index in [1.54, 1.807) is 54.6 Å². The Kier molecular flexibility index (Phi) is 7.10. The maximum atomic E-state index is 11.1. The summed E-state index contributed by atoms with van der Waals surface area (Å²) in [5.74, 6) is -0.554. The average Bonchev–Trinajstić information content (AvgIpc) is 2.79. The fourth-order valence-corrected chi connectivity index (χ4v) is 3.92. The van der Waals surface area contributed by atoms with E-state index < -0.39 is 11.8 Å². The molecule has 0 aliphatic carbocycles. The molecule has 1 fully saturated rings. The van der Waals surface area contributed by atoms with Crippen molar-refractivity contribution in [2.24, 2.45) is 0 Å². The number of rotatable bonds is 7. The molecule has 4 rings (SSSR count). The summed E-state index contributed by atoms with van der Waals surface area (Å²) in [6.45, 7) is 2.47. The van der Waals surface area contributed by atoms with Crippen LogP contribution in [0.5, 0.6) is 17.2 Å². The SMILES string of the molecule is CC1CCOC(COc2ccc(C(=O)O)cc2)(c2ccc(Oc3ccc(Cl)cc3)cc2Cl)O1. The van der Waals surface area contributed by atoms with Crippen LogP contribution in [0.3, 0.4) is 0 Å². The monoisotopic (exact) mass is 488 g/mol. The van der Waals surface area contributed by atoms with Crippen molar-refractivity contribution in [2.45, 2.75) is 25.2 Å². The number of aromatic carboxylic acids is 1. The molecule has 2 atom stereocenters. The molecular weight excluding hydrogens is 467 g/mol. The first-order chi connectivity index (χ1) is 15.8. The van der Waals surface area contributed by atoms with Gasteiger partial charge in [-0.05, 0) is 80.1 Å². The summed E-state index contributed by atoms with van der Waals surface area (Å²) in [4.78, 5) is 11.1. The molecule has 1 aliphatic rings. The fourth-order valence-electron chi connectivity index (χ4n) is 3.48. The topological polar surface area (TPSA) is 74.2 Å². The number of halogens is 2. The zero-order valence-electron chi connectivity index (χ0n) is 17.8. The predicted octanol–water partition coefficient (Wildman–Crippen LogP) is 6.54. The van der Waals surface area contributed by atoms with E-state index in [9.17, 15) is 4.79 Å². The van der Waals surface area contributed by atoms with E-state index in [0.717, 1.165) is 6.42 Å². The highest BCUT2D eigenvalue weighted by molar-refractivity contribution is 6.31. The molecule has 0 spiro atoms. The number of benzene rings is 3. The second-order valence-corrected chi connectivity index (χ2v) is 8.48. The van der Waals surface area contributed by atoms with E-state index in [-0.39, 0.29) is 18.3 Å². The third-order valence-electron chi connectivity index (χ3n) is 5.18. The molecule has 1 saturated heterocycles. The van der Waals surface area contributed by atoms with E-state index in [2.05, 4.69) is 0 Å².